The van der Waals surface area contributed by atoms with Gasteiger partial charge in [-0.1, -0.05) is 0 Å². The van der Waals surface area contributed by atoms with E-state index >= 15 is 0 Å². The van der Waals surface area contributed by atoms with E-state index in [1.54, 1.807) is 0 Å². The first-order valence-electron chi connectivity index (χ1n) is 12.0. The molecule has 0 spiro atoms. The van der Waals surface area contributed by atoms with Gasteiger partial charge in [-0.3, -0.25) is 0 Å². The summed E-state index contributed by atoms with van der Waals surface area (Å²) in [6.45, 7) is 12.2. The molecule has 0 aliphatic heterocycles. The van der Waals surface area contributed by atoms with E-state index in [-0.39, 0.29) is 0 Å². The quantitative estimate of drug-likeness (QED) is 0.294. The van der Waals surface area contributed by atoms with Gasteiger partial charge < -0.3 is 0 Å². The van der Waals surface area contributed by atoms with Gasteiger partial charge in [-0.2, -0.15) is 0 Å². The summed E-state index contributed by atoms with van der Waals surface area (Å²) in [5.74, 6) is 0. The Bertz CT molecular complexity index is 814. The Kier molecular flexibility index (Phi) is 7.77. The van der Waals surface area contributed by atoms with E-state index in [9.17, 15) is 0 Å². The van der Waals surface area contributed by atoms with E-state index < -0.39 is 7.26 Å². The van der Waals surface area contributed by atoms with Crippen LogP contribution < -0.4 is 15.9 Å². The first-order chi connectivity index (χ1) is 14.8. The zero-order chi connectivity index (χ0) is 22.4. The van der Waals surface area contributed by atoms with Crippen molar-refractivity contribution in [3.8, 4) is 0 Å². The maximum atomic E-state index is 2.49. The van der Waals surface area contributed by atoms with Crippen molar-refractivity contribution in [2.45, 2.75) is 60.3 Å². The molecule has 0 bridgehead atoms. The van der Waals surface area contributed by atoms with E-state index in [0.717, 1.165) is 0 Å². The molecule has 0 aliphatic rings. The number of hydrogen-bond donors (Lipinski definition) is 0. The molecule has 0 saturated carbocycles. The summed E-state index contributed by atoms with van der Waals surface area (Å²) in [5, 5.41) is 4.57. The average molecular weight is 433 g/mol. The molecule has 1 heteroatoms. The molecule has 0 aliphatic carbocycles. The molecule has 0 heterocycles. The Morgan fingerprint density at radius 2 is 0.903 bits per heavy atom. The Labute approximate surface area is 191 Å². The molecule has 166 valence electrons. The summed E-state index contributed by atoms with van der Waals surface area (Å²) < 4.78 is 0. The molecular formula is C30H41P. The third-order valence-corrected chi connectivity index (χ3v) is 11.8. The molecule has 3 rings (SSSR count). The van der Waals surface area contributed by atoms with Crippen molar-refractivity contribution in [2.75, 3.05) is 6.16 Å². The van der Waals surface area contributed by atoms with Gasteiger partial charge in [-0.15, -0.1) is 0 Å². The van der Waals surface area contributed by atoms with Crippen LogP contribution in [0.1, 0.15) is 60.3 Å². The van der Waals surface area contributed by atoms with Crippen molar-refractivity contribution in [2.24, 2.45) is 10.8 Å². The van der Waals surface area contributed by atoms with Crippen LogP contribution in [0.5, 0.6) is 0 Å². The van der Waals surface area contributed by atoms with Gasteiger partial charge in [0.2, 0.25) is 0 Å². The second-order valence-electron chi connectivity index (χ2n) is 10.8. The molecule has 31 heavy (non-hydrogen) atoms. The molecule has 0 N–H and O–H groups in total. The predicted molar refractivity (Wildman–Crippen MR) is 143 cm³/mol. The molecule has 3 aromatic rings. The summed E-state index contributed by atoms with van der Waals surface area (Å²) in [7, 11) is -2.13. The van der Waals surface area contributed by atoms with Gasteiger partial charge in [-0.05, 0) is 0 Å². The fourth-order valence-electron chi connectivity index (χ4n) is 5.78. The SMILES string of the molecule is CCCC(C)(C)CC(C)(C)CC[PH](c1ccccc1)(c1ccccc1)c1ccccc1. The van der Waals surface area contributed by atoms with Gasteiger partial charge in [0, 0.05) is 0 Å². The van der Waals surface area contributed by atoms with Gasteiger partial charge in [0.25, 0.3) is 0 Å². The summed E-state index contributed by atoms with van der Waals surface area (Å²) in [5.41, 5.74) is 0.712. The molecule has 0 fully saturated rings. The molecule has 0 unspecified atom stereocenters. The first-order valence-corrected chi connectivity index (χ1v) is 14.2. The van der Waals surface area contributed by atoms with Crippen LogP contribution in [0.25, 0.3) is 0 Å². The monoisotopic (exact) mass is 432 g/mol. The van der Waals surface area contributed by atoms with Gasteiger partial charge in [0.1, 0.15) is 0 Å². The standard InChI is InChI=1S/C30H41P/c1-6-22-29(2,3)25-30(4,5)23-24-31(26-16-10-7-11-17-26,27-18-12-8-13-19-27)28-20-14-9-15-21-28/h7-21,31H,6,22-25H2,1-5H3. The maximum absolute atomic E-state index is 2.49. The summed E-state index contributed by atoms with van der Waals surface area (Å²) in [4.78, 5) is 0. The third-order valence-electron chi connectivity index (χ3n) is 6.86. The van der Waals surface area contributed by atoms with Crippen molar-refractivity contribution in [3.63, 3.8) is 0 Å². The van der Waals surface area contributed by atoms with Gasteiger partial charge in [0.15, 0.2) is 0 Å². The van der Waals surface area contributed by atoms with Crippen LogP contribution in [-0.4, -0.2) is 6.16 Å². The van der Waals surface area contributed by atoms with Crippen molar-refractivity contribution in [3.05, 3.63) is 91.0 Å². The van der Waals surface area contributed by atoms with Crippen molar-refractivity contribution in [1.82, 2.24) is 0 Å². The molecule has 0 radical (unpaired) electrons. The first kappa shape index (κ1) is 23.7. The van der Waals surface area contributed by atoms with Crippen molar-refractivity contribution in [1.29, 1.82) is 0 Å². The molecule has 0 amide bonds. The van der Waals surface area contributed by atoms with Gasteiger partial charge >= 0.3 is 191 Å². The molecular weight excluding hydrogens is 391 g/mol. The number of rotatable bonds is 10. The van der Waals surface area contributed by atoms with E-state index in [0.29, 0.717) is 10.8 Å². The second kappa shape index (κ2) is 10.1. The van der Waals surface area contributed by atoms with Crippen molar-refractivity contribution < 1.29 is 0 Å². The predicted octanol–water partition coefficient (Wildman–Crippen LogP) is 7.35. The minimum absolute atomic E-state index is 0.315. The summed E-state index contributed by atoms with van der Waals surface area (Å²) in [6, 6.07) is 34.0. The Morgan fingerprint density at radius 3 is 1.26 bits per heavy atom. The normalized spacial score (nSPS) is 13.2. The van der Waals surface area contributed by atoms with Crippen molar-refractivity contribution >= 4 is 23.2 Å². The van der Waals surface area contributed by atoms with E-state index in [4.69, 9.17) is 0 Å². The molecule has 0 atom stereocenters. The summed E-state index contributed by atoms with van der Waals surface area (Å²) >= 11 is 0. The van der Waals surface area contributed by atoms with Gasteiger partial charge in [0.05, 0.1) is 0 Å². The Balaban J connectivity index is 2.06. The fourth-order valence-corrected chi connectivity index (χ4v) is 11.0. The number of benzene rings is 3. The zero-order valence-electron chi connectivity index (χ0n) is 20.2. The van der Waals surface area contributed by atoms with E-state index in [1.165, 1.54) is 47.8 Å². The zero-order valence-corrected chi connectivity index (χ0v) is 21.2. The molecule has 0 nitrogen and oxygen atoms in total. The van der Waals surface area contributed by atoms with Crippen LogP contribution in [0.3, 0.4) is 0 Å². The van der Waals surface area contributed by atoms with Crippen LogP contribution in [0.15, 0.2) is 91.0 Å². The third kappa shape index (κ3) is 5.87. The van der Waals surface area contributed by atoms with E-state index in [2.05, 4.69) is 126 Å². The molecule has 0 aromatic heterocycles. The fraction of sp³-hybridized carbons (Fsp3) is 0.400. The van der Waals surface area contributed by atoms with Crippen LogP contribution in [-0.2, 0) is 0 Å². The number of hydrogen-bond acceptors (Lipinski definition) is 0. The van der Waals surface area contributed by atoms with E-state index in [1.807, 2.05) is 0 Å². The Morgan fingerprint density at radius 1 is 0.548 bits per heavy atom. The van der Waals surface area contributed by atoms with Crippen LogP contribution in [0, 0.1) is 10.8 Å². The van der Waals surface area contributed by atoms with Gasteiger partial charge in [-0.25, -0.2) is 0 Å². The average Bonchev–Trinajstić information content (AvgIpc) is 2.75. The van der Waals surface area contributed by atoms with Crippen LogP contribution in [0.2, 0.25) is 0 Å². The van der Waals surface area contributed by atoms with Crippen LogP contribution in [0.4, 0.5) is 0 Å². The second-order valence-corrected chi connectivity index (χ2v) is 14.8. The summed E-state index contributed by atoms with van der Waals surface area (Å²) in [6.07, 6.45) is 6.32. The molecule has 0 saturated heterocycles. The molecule has 3 aromatic carbocycles. The Hall–Kier alpha value is -1.91. The minimum atomic E-state index is -2.13. The topological polar surface area (TPSA) is 0 Å². The van der Waals surface area contributed by atoms with Crippen LogP contribution >= 0.6 is 7.26 Å².